The van der Waals surface area contributed by atoms with Crippen molar-refractivity contribution in [2.45, 2.75) is 25.2 Å². The molecule has 0 heterocycles. The molecule has 0 amide bonds. The Bertz CT molecular complexity index is 150. The van der Waals surface area contributed by atoms with Crippen LogP contribution in [0.2, 0.25) is 0 Å². The minimum absolute atomic E-state index is 0.115. The van der Waals surface area contributed by atoms with E-state index in [4.69, 9.17) is 15.9 Å². The van der Waals surface area contributed by atoms with Gasteiger partial charge in [-0.1, -0.05) is 0 Å². The van der Waals surface area contributed by atoms with Gasteiger partial charge in [0, 0.05) is 20.6 Å². The van der Waals surface area contributed by atoms with E-state index in [2.05, 4.69) is 5.92 Å². The average molecular weight is 158 g/mol. The number of methoxy groups -OCH3 is 2. The second kappa shape index (κ2) is 4.35. The van der Waals surface area contributed by atoms with E-state index >= 15 is 0 Å². The monoisotopic (exact) mass is 158 g/mol. The van der Waals surface area contributed by atoms with Crippen molar-refractivity contribution in [3.8, 4) is 12.3 Å². The van der Waals surface area contributed by atoms with Crippen molar-refractivity contribution in [3.05, 3.63) is 0 Å². The first-order chi connectivity index (χ1) is 5.08. The Labute approximate surface area is 67.3 Å². The zero-order valence-electron chi connectivity index (χ0n) is 7.13. The van der Waals surface area contributed by atoms with Gasteiger partial charge in [0.2, 0.25) is 5.79 Å². The zero-order valence-corrected chi connectivity index (χ0v) is 7.13. The third-order valence-corrected chi connectivity index (χ3v) is 1.53. The molecule has 1 N–H and O–H groups in total. The number of hydrogen-bond acceptors (Lipinski definition) is 3. The normalized spacial score (nSPS) is 18.5. The van der Waals surface area contributed by atoms with Gasteiger partial charge in [0.1, 0.15) is 0 Å². The molecule has 0 radical (unpaired) electrons. The van der Waals surface area contributed by atoms with E-state index in [-0.39, 0.29) is 12.5 Å². The maximum absolute atomic E-state index is 9.39. The molecule has 3 nitrogen and oxygen atoms in total. The van der Waals surface area contributed by atoms with E-state index in [9.17, 15) is 5.11 Å². The van der Waals surface area contributed by atoms with Crippen molar-refractivity contribution in [3.63, 3.8) is 0 Å². The summed E-state index contributed by atoms with van der Waals surface area (Å²) in [6, 6.07) is 0. The van der Waals surface area contributed by atoms with Gasteiger partial charge in [-0.05, 0) is 12.8 Å². The maximum atomic E-state index is 9.39. The first-order valence-electron chi connectivity index (χ1n) is 3.36. The summed E-state index contributed by atoms with van der Waals surface area (Å²) in [4.78, 5) is 0. The van der Waals surface area contributed by atoms with Crippen molar-refractivity contribution in [1.29, 1.82) is 0 Å². The Morgan fingerprint density at radius 2 is 2.18 bits per heavy atom. The third-order valence-electron chi connectivity index (χ3n) is 1.53. The minimum atomic E-state index is -1.49. The summed E-state index contributed by atoms with van der Waals surface area (Å²) in [6.45, 7) is 1.81. The van der Waals surface area contributed by atoms with Gasteiger partial charge in [0.05, 0.1) is 6.10 Å². The van der Waals surface area contributed by atoms with Gasteiger partial charge in [0.25, 0.3) is 0 Å². The molecule has 2 unspecified atom stereocenters. The molecule has 0 spiro atoms. The van der Waals surface area contributed by atoms with Crippen molar-refractivity contribution >= 4 is 0 Å². The lowest BCUT2D eigenvalue weighted by atomic mass is 10.1. The lowest BCUT2D eigenvalue weighted by molar-refractivity contribution is -0.158. The van der Waals surface area contributed by atoms with Crippen LogP contribution in [0.25, 0.3) is 0 Å². The van der Waals surface area contributed by atoms with Gasteiger partial charge in [-0.15, -0.1) is 6.42 Å². The average Bonchev–Trinajstić information content (AvgIpc) is 2.04. The summed E-state index contributed by atoms with van der Waals surface area (Å²) >= 11 is 0. The van der Waals surface area contributed by atoms with Crippen LogP contribution in [0, 0.1) is 12.3 Å². The first kappa shape index (κ1) is 10.4. The summed E-state index contributed by atoms with van der Waals surface area (Å²) in [6.07, 6.45) is 5.20. The Morgan fingerprint density at radius 1 is 1.64 bits per heavy atom. The van der Waals surface area contributed by atoms with E-state index < -0.39 is 5.79 Å². The minimum Gasteiger partial charge on any atom is -0.381 e. The van der Waals surface area contributed by atoms with E-state index in [1.165, 1.54) is 7.11 Å². The molecule has 3 heteroatoms. The van der Waals surface area contributed by atoms with Crippen LogP contribution in [0.4, 0.5) is 0 Å². The topological polar surface area (TPSA) is 38.7 Å². The lowest BCUT2D eigenvalue weighted by Gasteiger charge is -2.22. The third kappa shape index (κ3) is 3.38. The van der Waals surface area contributed by atoms with Gasteiger partial charge in [-0.3, -0.25) is 0 Å². The smallest absolute Gasteiger partial charge is 0.233 e. The molecular formula is C8H14O3. The Kier molecular flexibility index (Phi) is 4.12. The molecule has 0 fully saturated rings. The highest BCUT2D eigenvalue weighted by Gasteiger charge is 2.25. The van der Waals surface area contributed by atoms with Crippen molar-refractivity contribution in [2.24, 2.45) is 0 Å². The van der Waals surface area contributed by atoms with Crippen LogP contribution >= 0.6 is 0 Å². The molecule has 0 aromatic heterocycles. The Hall–Kier alpha value is -0.560. The van der Waals surface area contributed by atoms with Crippen LogP contribution in [-0.4, -0.2) is 31.2 Å². The molecule has 0 aliphatic rings. The zero-order chi connectivity index (χ0) is 8.91. The summed E-state index contributed by atoms with van der Waals surface area (Å²) < 4.78 is 9.61. The molecule has 0 aliphatic carbocycles. The molecule has 0 saturated carbocycles. The molecule has 64 valence electrons. The molecule has 0 rings (SSSR count). The standard InChI is InChI=1S/C8H14O3/c1-5-8(9,11-4)6-7(2)10-3/h1,7,9H,6H2,2-4H3. The molecule has 0 aliphatic heterocycles. The van der Waals surface area contributed by atoms with E-state index in [0.29, 0.717) is 0 Å². The van der Waals surface area contributed by atoms with Crippen LogP contribution in [0.5, 0.6) is 0 Å². The van der Waals surface area contributed by atoms with Gasteiger partial charge in [-0.2, -0.15) is 0 Å². The Balaban J connectivity index is 3.99. The predicted molar refractivity (Wildman–Crippen MR) is 41.9 cm³/mol. The quantitative estimate of drug-likeness (QED) is 0.475. The lowest BCUT2D eigenvalue weighted by Crippen LogP contribution is -2.33. The summed E-state index contributed by atoms with van der Waals surface area (Å²) in [5.74, 6) is 0.656. The molecule has 0 saturated heterocycles. The fourth-order valence-corrected chi connectivity index (χ4v) is 0.674. The maximum Gasteiger partial charge on any atom is 0.233 e. The van der Waals surface area contributed by atoms with Crippen molar-refractivity contribution < 1.29 is 14.6 Å². The summed E-state index contributed by atoms with van der Waals surface area (Å²) in [5, 5.41) is 9.39. The highest BCUT2D eigenvalue weighted by Crippen LogP contribution is 2.13. The SMILES string of the molecule is C#CC(O)(CC(C)OC)OC. The van der Waals surface area contributed by atoms with Crippen LogP contribution < -0.4 is 0 Å². The molecule has 2 atom stereocenters. The number of ether oxygens (including phenoxy) is 2. The fraction of sp³-hybridized carbons (Fsp3) is 0.750. The highest BCUT2D eigenvalue weighted by molar-refractivity contribution is 5.01. The largest absolute Gasteiger partial charge is 0.381 e. The Morgan fingerprint density at radius 3 is 2.45 bits per heavy atom. The van der Waals surface area contributed by atoms with E-state index in [1.54, 1.807) is 14.0 Å². The number of rotatable bonds is 4. The summed E-state index contributed by atoms with van der Waals surface area (Å²) in [5.41, 5.74) is 0. The number of hydrogen-bond donors (Lipinski definition) is 1. The predicted octanol–water partition coefficient (Wildman–Crippen LogP) is 0.380. The van der Waals surface area contributed by atoms with Gasteiger partial charge >= 0.3 is 0 Å². The van der Waals surface area contributed by atoms with E-state index in [1.807, 2.05) is 0 Å². The number of aliphatic hydroxyl groups is 1. The van der Waals surface area contributed by atoms with Crippen molar-refractivity contribution in [2.75, 3.05) is 14.2 Å². The van der Waals surface area contributed by atoms with Crippen LogP contribution in [0.1, 0.15) is 13.3 Å². The molecular weight excluding hydrogens is 144 g/mol. The molecule has 0 aromatic carbocycles. The fourth-order valence-electron chi connectivity index (χ4n) is 0.674. The van der Waals surface area contributed by atoms with Crippen molar-refractivity contribution in [1.82, 2.24) is 0 Å². The highest BCUT2D eigenvalue weighted by atomic mass is 16.6. The second-order valence-corrected chi connectivity index (χ2v) is 2.38. The molecule has 11 heavy (non-hydrogen) atoms. The first-order valence-corrected chi connectivity index (χ1v) is 3.36. The number of terminal acetylenes is 1. The summed E-state index contributed by atoms with van der Waals surface area (Å²) in [7, 11) is 2.92. The van der Waals surface area contributed by atoms with Crippen LogP contribution in [0.3, 0.4) is 0 Å². The van der Waals surface area contributed by atoms with Gasteiger partial charge < -0.3 is 14.6 Å². The van der Waals surface area contributed by atoms with Crippen LogP contribution in [-0.2, 0) is 9.47 Å². The molecule has 0 bridgehead atoms. The van der Waals surface area contributed by atoms with E-state index in [0.717, 1.165) is 0 Å². The van der Waals surface area contributed by atoms with Gasteiger partial charge in [0.15, 0.2) is 0 Å². The van der Waals surface area contributed by atoms with Crippen LogP contribution in [0.15, 0.2) is 0 Å². The molecule has 0 aromatic rings. The second-order valence-electron chi connectivity index (χ2n) is 2.38. The van der Waals surface area contributed by atoms with Gasteiger partial charge in [-0.25, -0.2) is 0 Å².